The van der Waals surface area contributed by atoms with Crippen LogP contribution in [0.4, 0.5) is 0 Å². The molecule has 1 saturated heterocycles. The molecule has 0 aromatic carbocycles. The molecule has 1 atom stereocenters. The van der Waals surface area contributed by atoms with Crippen molar-refractivity contribution < 1.29 is 19.1 Å². The van der Waals surface area contributed by atoms with E-state index in [4.69, 9.17) is 0 Å². The number of carbonyl (C=O) groups is 3. The Labute approximate surface area is 119 Å². The van der Waals surface area contributed by atoms with Gasteiger partial charge in [-0.05, 0) is 19.9 Å². The fraction of sp³-hybridized carbons (Fsp3) is 0.769. The first-order valence-electron chi connectivity index (χ1n) is 6.75. The Balaban J connectivity index is 2.47. The van der Waals surface area contributed by atoms with E-state index in [1.54, 1.807) is 11.9 Å². The molecule has 0 bridgehead atoms. The molecule has 1 unspecified atom stereocenters. The van der Waals surface area contributed by atoms with Crippen molar-refractivity contribution in [1.29, 1.82) is 0 Å². The number of likely N-dealkylation sites (tertiary alicyclic amines) is 1. The van der Waals surface area contributed by atoms with Gasteiger partial charge in [-0.3, -0.25) is 14.5 Å². The van der Waals surface area contributed by atoms with Crippen LogP contribution in [0.5, 0.6) is 0 Å². The number of likely N-dealkylation sites (N-methyl/N-ethyl adjacent to an activating group) is 1. The SMILES string of the molecule is COC(=O)C(CN(C)CC(=O)N1CCCC1)NC(C)=O. The number of carbonyl (C=O) groups excluding carboxylic acids is 3. The second-order valence-corrected chi connectivity index (χ2v) is 5.06. The van der Waals surface area contributed by atoms with Gasteiger partial charge in [0.2, 0.25) is 11.8 Å². The van der Waals surface area contributed by atoms with Gasteiger partial charge in [-0.2, -0.15) is 0 Å². The number of hydrogen-bond donors (Lipinski definition) is 1. The fourth-order valence-corrected chi connectivity index (χ4v) is 2.24. The monoisotopic (exact) mass is 285 g/mol. The third-order valence-electron chi connectivity index (χ3n) is 3.22. The summed E-state index contributed by atoms with van der Waals surface area (Å²) in [7, 11) is 3.01. The molecular weight excluding hydrogens is 262 g/mol. The van der Waals surface area contributed by atoms with Gasteiger partial charge in [0.1, 0.15) is 6.04 Å². The molecule has 1 heterocycles. The van der Waals surface area contributed by atoms with Crippen LogP contribution >= 0.6 is 0 Å². The predicted octanol–water partition coefficient (Wildman–Crippen LogP) is -0.782. The molecule has 7 heteroatoms. The van der Waals surface area contributed by atoms with E-state index < -0.39 is 12.0 Å². The Morgan fingerprint density at radius 1 is 1.30 bits per heavy atom. The number of ether oxygens (including phenoxy) is 1. The van der Waals surface area contributed by atoms with Crippen molar-refractivity contribution in [2.24, 2.45) is 0 Å². The zero-order valence-electron chi connectivity index (χ0n) is 12.3. The lowest BCUT2D eigenvalue weighted by Crippen LogP contribution is -2.49. The van der Waals surface area contributed by atoms with Crippen LogP contribution in [0.3, 0.4) is 0 Å². The average Bonchev–Trinajstić information content (AvgIpc) is 2.90. The summed E-state index contributed by atoms with van der Waals surface area (Å²) in [5, 5.41) is 2.52. The zero-order chi connectivity index (χ0) is 15.1. The third-order valence-corrected chi connectivity index (χ3v) is 3.22. The van der Waals surface area contributed by atoms with E-state index >= 15 is 0 Å². The van der Waals surface area contributed by atoms with Crippen LogP contribution < -0.4 is 5.32 Å². The highest BCUT2D eigenvalue weighted by molar-refractivity contribution is 5.83. The summed E-state index contributed by atoms with van der Waals surface area (Å²) in [6.07, 6.45) is 2.10. The lowest BCUT2D eigenvalue weighted by Gasteiger charge is -2.24. The number of amides is 2. The van der Waals surface area contributed by atoms with E-state index in [2.05, 4.69) is 10.1 Å². The number of nitrogens with one attached hydrogen (secondary N) is 1. The number of hydrogen-bond acceptors (Lipinski definition) is 5. The van der Waals surface area contributed by atoms with Crippen molar-refractivity contribution in [2.75, 3.05) is 40.3 Å². The van der Waals surface area contributed by atoms with Gasteiger partial charge in [-0.15, -0.1) is 0 Å². The maximum absolute atomic E-state index is 12.0. The van der Waals surface area contributed by atoms with Crippen molar-refractivity contribution >= 4 is 17.8 Å². The van der Waals surface area contributed by atoms with Crippen LogP contribution in [-0.4, -0.2) is 74.0 Å². The van der Waals surface area contributed by atoms with Gasteiger partial charge in [0.25, 0.3) is 0 Å². The van der Waals surface area contributed by atoms with E-state index in [9.17, 15) is 14.4 Å². The van der Waals surface area contributed by atoms with Gasteiger partial charge in [0.15, 0.2) is 0 Å². The lowest BCUT2D eigenvalue weighted by molar-refractivity contribution is -0.145. The zero-order valence-corrected chi connectivity index (χ0v) is 12.3. The smallest absolute Gasteiger partial charge is 0.329 e. The minimum absolute atomic E-state index is 0.0523. The summed E-state index contributed by atoms with van der Waals surface area (Å²) < 4.78 is 4.64. The van der Waals surface area contributed by atoms with Gasteiger partial charge in [-0.1, -0.05) is 0 Å². The Bertz CT molecular complexity index is 367. The molecule has 0 saturated carbocycles. The summed E-state index contributed by atoms with van der Waals surface area (Å²) in [5.41, 5.74) is 0. The van der Waals surface area contributed by atoms with Crippen LogP contribution in [0.15, 0.2) is 0 Å². The molecule has 1 N–H and O–H groups in total. The summed E-state index contributed by atoms with van der Waals surface area (Å²) in [5.74, 6) is -0.767. The fourth-order valence-electron chi connectivity index (χ4n) is 2.24. The van der Waals surface area contributed by atoms with Crippen LogP contribution in [-0.2, 0) is 19.1 Å². The highest BCUT2D eigenvalue weighted by Crippen LogP contribution is 2.07. The van der Waals surface area contributed by atoms with Crippen molar-refractivity contribution in [2.45, 2.75) is 25.8 Å². The largest absolute Gasteiger partial charge is 0.467 e. The van der Waals surface area contributed by atoms with Gasteiger partial charge in [0, 0.05) is 26.6 Å². The van der Waals surface area contributed by atoms with E-state index in [1.807, 2.05) is 4.90 Å². The Morgan fingerprint density at radius 2 is 1.90 bits per heavy atom. The van der Waals surface area contributed by atoms with Gasteiger partial charge < -0.3 is 15.0 Å². The maximum atomic E-state index is 12.0. The van der Waals surface area contributed by atoms with Crippen molar-refractivity contribution in [3.63, 3.8) is 0 Å². The first-order chi connectivity index (χ1) is 9.43. The summed E-state index contributed by atoms with van der Waals surface area (Å²) in [6, 6.07) is -0.756. The molecule has 114 valence electrons. The van der Waals surface area contributed by atoms with Crippen LogP contribution in [0.2, 0.25) is 0 Å². The minimum Gasteiger partial charge on any atom is -0.467 e. The molecule has 0 radical (unpaired) electrons. The second kappa shape index (κ2) is 7.84. The van der Waals surface area contributed by atoms with E-state index in [0.29, 0.717) is 0 Å². The van der Waals surface area contributed by atoms with E-state index in [1.165, 1.54) is 14.0 Å². The molecule has 1 aliphatic rings. The molecule has 2 amide bonds. The molecule has 0 aromatic rings. The first kappa shape index (κ1) is 16.4. The Morgan fingerprint density at radius 3 is 2.40 bits per heavy atom. The normalized spacial score (nSPS) is 16.1. The van der Waals surface area contributed by atoms with E-state index in [-0.39, 0.29) is 24.9 Å². The Kier molecular flexibility index (Phi) is 6.44. The predicted molar refractivity (Wildman–Crippen MR) is 72.9 cm³/mol. The first-order valence-corrected chi connectivity index (χ1v) is 6.75. The molecule has 0 aliphatic carbocycles. The molecule has 20 heavy (non-hydrogen) atoms. The molecule has 1 fully saturated rings. The van der Waals surface area contributed by atoms with Crippen molar-refractivity contribution in [3.8, 4) is 0 Å². The Hall–Kier alpha value is -1.63. The topological polar surface area (TPSA) is 79.0 Å². The van der Waals surface area contributed by atoms with Gasteiger partial charge in [-0.25, -0.2) is 4.79 Å². The molecule has 0 aromatic heterocycles. The van der Waals surface area contributed by atoms with Crippen LogP contribution in [0, 0.1) is 0 Å². The summed E-state index contributed by atoms with van der Waals surface area (Å²) in [6.45, 7) is 3.42. The maximum Gasteiger partial charge on any atom is 0.329 e. The number of rotatable bonds is 6. The number of nitrogens with zero attached hydrogens (tertiary/aromatic N) is 2. The third kappa shape index (κ3) is 5.16. The minimum atomic E-state index is -0.756. The highest BCUT2D eigenvalue weighted by Gasteiger charge is 2.24. The molecule has 1 rings (SSSR count). The number of esters is 1. The van der Waals surface area contributed by atoms with Gasteiger partial charge in [0.05, 0.1) is 13.7 Å². The number of methoxy groups -OCH3 is 1. The highest BCUT2D eigenvalue weighted by atomic mass is 16.5. The molecule has 0 spiro atoms. The van der Waals surface area contributed by atoms with Gasteiger partial charge >= 0.3 is 5.97 Å². The van der Waals surface area contributed by atoms with Crippen molar-refractivity contribution in [3.05, 3.63) is 0 Å². The molecule has 7 nitrogen and oxygen atoms in total. The quantitative estimate of drug-likeness (QED) is 0.648. The standard InChI is InChI=1S/C13H23N3O4/c1-10(17)14-11(13(19)20-3)8-15(2)9-12(18)16-6-4-5-7-16/h11H,4-9H2,1-3H3,(H,14,17). The van der Waals surface area contributed by atoms with Crippen LogP contribution in [0.1, 0.15) is 19.8 Å². The average molecular weight is 285 g/mol. The summed E-state index contributed by atoms with van der Waals surface area (Å²) >= 11 is 0. The molecule has 1 aliphatic heterocycles. The van der Waals surface area contributed by atoms with Crippen LogP contribution in [0.25, 0.3) is 0 Å². The van der Waals surface area contributed by atoms with Crippen molar-refractivity contribution in [1.82, 2.24) is 15.1 Å². The summed E-state index contributed by atoms with van der Waals surface area (Å²) in [4.78, 5) is 38.2. The lowest BCUT2D eigenvalue weighted by atomic mass is 10.2. The molecular formula is C13H23N3O4. The second-order valence-electron chi connectivity index (χ2n) is 5.06. The van der Waals surface area contributed by atoms with E-state index in [0.717, 1.165) is 25.9 Å².